The lowest BCUT2D eigenvalue weighted by atomic mass is 9.95. The summed E-state index contributed by atoms with van der Waals surface area (Å²) in [5.41, 5.74) is 1.14. The van der Waals surface area contributed by atoms with Crippen molar-refractivity contribution in [2.24, 2.45) is 0 Å². The molecule has 2 amide bonds. The highest BCUT2D eigenvalue weighted by molar-refractivity contribution is 6.00. The van der Waals surface area contributed by atoms with E-state index < -0.39 is 17.8 Å². The molecule has 1 N–H and O–H groups in total. The SMILES string of the molecule is COc1ccc(-c2nnn(CC(=O)N(c3ccc(F)cc3)[C@@H](C)C(=O)NC3CCCCC3)n2)cc1. The lowest BCUT2D eigenvalue weighted by molar-refractivity contribution is -0.127. The summed E-state index contributed by atoms with van der Waals surface area (Å²) in [4.78, 5) is 29.0. The first-order chi connectivity index (χ1) is 16.9. The van der Waals surface area contributed by atoms with Gasteiger partial charge in [-0.05, 0) is 73.5 Å². The van der Waals surface area contributed by atoms with Gasteiger partial charge in [0.1, 0.15) is 24.2 Å². The van der Waals surface area contributed by atoms with Crippen molar-refractivity contribution in [3.8, 4) is 17.1 Å². The zero-order valence-electron chi connectivity index (χ0n) is 19.9. The van der Waals surface area contributed by atoms with Gasteiger partial charge in [0.2, 0.25) is 11.7 Å². The van der Waals surface area contributed by atoms with Crippen LogP contribution in [0.4, 0.5) is 10.1 Å². The third kappa shape index (κ3) is 6.00. The zero-order chi connectivity index (χ0) is 24.8. The van der Waals surface area contributed by atoms with Crippen molar-refractivity contribution in [1.29, 1.82) is 0 Å². The van der Waals surface area contributed by atoms with Gasteiger partial charge in [-0.25, -0.2) is 4.39 Å². The molecule has 0 spiro atoms. The predicted molar refractivity (Wildman–Crippen MR) is 128 cm³/mol. The quantitative estimate of drug-likeness (QED) is 0.531. The first-order valence-corrected chi connectivity index (χ1v) is 11.7. The lowest BCUT2D eigenvalue weighted by Crippen LogP contribution is -2.51. The number of carbonyl (C=O) groups excluding carboxylic acids is 2. The molecular formula is C25H29FN6O3. The minimum absolute atomic E-state index is 0.105. The Morgan fingerprint density at radius 2 is 1.80 bits per heavy atom. The van der Waals surface area contributed by atoms with Gasteiger partial charge in [0.15, 0.2) is 0 Å². The van der Waals surface area contributed by atoms with Gasteiger partial charge in [-0.2, -0.15) is 4.80 Å². The fourth-order valence-electron chi connectivity index (χ4n) is 4.23. The van der Waals surface area contributed by atoms with E-state index in [9.17, 15) is 14.0 Å². The predicted octanol–water partition coefficient (Wildman–Crippen LogP) is 3.36. The second-order valence-corrected chi connectivity index (χ2v) is 8.63. The number of amides is 2. The van der Waals surface area contributed by atoms with Gasteiger partial charge >= 0.3 is 0 Å². The summed E-state index contributed by atoms with van der Waals surface area (Å²) >= 11 is 0. The average Bonchev–Trinajstić information content (AvgIpc) is 3.34. The van der Waals surface area contributed by atoms with E-state index in [1.807, 2.05) is 0 Å². The Labute approximate surface area is 203 Å². The van der Waals surface area contributed by atoms with Crippen molar-refractivity contribution in [2.45, 2.75) is 57.7 Å². The summed E-state index contributed by atoms with van der Waals surface area (Å²) in [7, 11) is 1.58. The first kappa shape index (κ1) is 24.3. The number of anilines is 1. The number of benzene rings is 2. The maximum Gasteiger partial charge on any atom is 0.251 e. The zero-order valence-corrected chi connectivity index (χ0v) is 19.9. The summed E-state index contributed by atoms with van der Waals surface area (Å²) in [6.07, 6.45) is 5.19. The first-order valence-electron chi connectivity index (χ1n) is 11.7. The third-order valence-corrected chi connectivity index (χ3v) is 6.17. The molecular weight excluding hydrogens is 451 g/mol. The number of methoxy groups -OCH3 is 1. The number of carbonyl (C=O) groups is 2. The molecule has 35 heavy (non-hydrogen) atoms. The number of hydrogen-bond acceptors (Lipinski definition) is 6. The van der Waals surface area contributed by atoms with E-state index >= 15 is 0 Å². The van der Waals surface area contributed by atoms with Gasteiger partial charge in [-0.15, -0.1) is 10.2 Å². The molecule has 0 saturated heterocycles. The average molecular weight is 481 g/mol. The van der Waals surface area contributed by atoms with Crippen molar-refractivity contribution < 1.29 is 18.7 Å². The Hall–Kier alpha value is -3.82. The molecule has 0 radical (unpaired) electrons. The second-order valence-electron chi connectivity index (χ2n) is 8.63. The molecule has 2 aromatic carbocycles. The Bertz CT molecular complexity index is 1140. The fourth-order valence-corrected chi connectivity index (χ4v) is 4.23. The number of rotatable bonds is 8. The number of aromatic nitrogens is 4. The molecule has 1 aliphatic rings. The number of tetrazole rings is 1. The van der Waals surface area contributed by atoms with E-state index in [2.05, 4.69) is 20.7 Å². The molecule has 9 nitrogen and oxygen atoms in total. The Balaban J connectivity index is 1.51. The van der Waals surface area contributed by atoms with Crippen LogP contribution in [0, 0.1) is 5.82 Å². The molecule has 10 heteroatoms. The maximum absolute atomic E-state index is 13.6. The van der Waals surface area contributed by atoms with Crippen LogP contribution in [0.25, 0.3) is 11.4 Å². The summed E-state index contributed by atoms with van der Waals surface area (Å²) in [6, 6.07) is 11.9. The van der Waals surface area contributed by atoms with Gasteiger partial charge in [-0.3, -0.25) is 14.5 Å². The second kappa shape index (κ2) is 11.1. The molecule has 0 unspecified atom stereocenters. The highest BCUT2D eigenvalue weighted by Crippen LogP contribution is 2.22. The van der Waals surface area contributed by atoms with Crippen LogP contribution >= 0.6 is 0 Å². The van der Waals surface area contributed by atoms with E-state index in [4.69, 9.17) is 4.74 Å². The minimum Gasteiger partial charge on any atom is -0.497 e. The smallest absolute Gasteiger partial charge is 0.251 e. The van der Waals surface area contributed by atoms with Crippen molar-refractivity contribution in [3.05, 3.63) is 54.3 Å². The molecule has 184 valence electrons. The Morgan fingerprint density at radius 1 is 1.11 bits per heavy atom. The molecule has 1 aromatic heterocycles. The number of nitrogens with one attached hydrogen (secondary N) is 1. The van der Waals surface area contributed by atoms with Crippen molar-refractivity contribution in [1.82, 2.24) is 25.5 Å². The Kier molecular flexibility index (Phi) is 7.69. The van der Waals surface area contributed by atoms with Crippen molar-refractivity contribution >= 4 is 17.5 Å². The molecule has 1 fully saturated rings. The topological polar surface area (TPSA) is 102 Å². The standard InChI is InChI=1S/C25H29FN6O3/c1-17(25(34)27-20-6-4-3-5-7-20)32(21-12-10-19(26)11-13-21)23(33)16-31-29-24(28-30-31)18-8-14-22(35-2)15-9-18/h8-15,17,20H,3-7,16H2,1-2H3,(H,27,34)/t17-/m0/s1. The summed E-state index contributed by atoms with van der Waals surface area (Å²) in [5, 5.41) is 15.4. The van der Waals surface area contributed by atoms with Crippen LogP contribution in [0.5, 0.6) is 5.75 Å². The monoisotopic (exact) mass is 480 g/mol. The van der Waals surface area contributed by atoms with Crippen molar-refractivity contribution in [3.63, 3.8) is 0 Å². The van der Waals surface area contributed by atoms with Gasteiger partial charge in [-0.1, -0.05) is 19.3 Å². The molecule has 1 saturated carbocycles. The minimum atomic E-state index is -0.806. The van der Waals surface area contributed by atoms with E-state index in [-0.39, 0.29) is 18.5 Å². The molecule has 1 aliphatic carbocycles. The van der Waals surface area contributed by atoms with Crippen LogP contribution in [0.15, 0.2) is 48.5 Å². The maximum atomic E-state index is 13.6. The molecule has 4 rings (SSSR count). The Morgan fingerprint density at radius 3 is 2.46 bits per heavy atom. The summed E-state index contributed by atoms with van der Waals surface area (Å²) in [6.45, 7) is 1.43. The van der Waals surface area contributed by atoms with E-state index in [0.29, 0.717) is 17.3 Å². The van der Waals surface area contributed by atoms with Crippen molar-refractivity contribution in [2.75, 3.05) is 12.0 Å². The fraction of sp³-hybridized carbons (Fsp3) is 0.400. The highest BCUT2D eigenvalue weighted by atomic mass is 19.1. The molecule has 1 atom stereocenters. The van der Waals surface area contributed by atoms with Gasteiger partial charge in [0, 0.05) is 17.3 Å². The highest BCUT2D eigenvalue weighted by Gasteiger charge is 2.30. The normalized spacial score (nSPS) is 14.8. The third-order valence-electron chi connectivity index (χ3n) is 6.17. The van der Waals surface area contributed by atoms with Crippen LogP contribution in [0.3, 0.4) is 0 Å². The summed E-state index contributed by atoms with van der Waals surface area (Å²) < 4.78 is 18.7. The summed E-state index contributed by atoms with van der Waals surface area (Å²) in [5.74, 6) is -0.0345. The van der Waals surface area contributed by atoms with Gasteiger partial charge < -0.3 is 10.1 Å². The van der Waals surface area contributed by atoms with Gasteiger partial charge in [0.25, 0.3) is 5.91 Å². The number of ether oxygens (including phenoxy) is 1. The van der Waals surface area contributed by atoms with Crippen LogP contribution in [-0.4, -0.2) is 51.2 Å². The van der Waals surface area contributed by atoms with Gasteiger partial charge in [0.05, 0.1) is 7.11 Å². The van der Waals surface area contributed by atoms with Crippen LogP contribution in [0.1, 0.15) is 39.0 Å². The largest absolute Gasteiger partial charge is 0.497 e. The lowest BCUT2D eigenvalue weighted by Gasteiger charge is -2.31. The van der Waals surface area contributed by atoms with Crippen LogP contribution < -0.4 is 15.0 Å². The van der Waals surface area contributed by atoms with E-state index in [0.717, 1.165) is 31.2 Å². The van der Waals surface area contributed by atoms with Crippen LogP contribution in [0.2, 0.25) is 0 Å². The molecule has 0 bridgehead atoms. The van der Waals surface area contributed by atoms with Crippen LogP contribution in [-0.2, 0) is 16.1 Å². The number of halogens is 1. The number of nitrogens with zero attached hydrogens (tertiary/aromatic N) is 5. The molecule has 3 aromatic rings. The van der Waals surface area contributed by atoms with E-state index in [1.165, 1.54) is 40.4 Å². The molecule has 1 heterocycles. The van der Waals surface area contributed by atoms with E-state index in [1.54, 1.807) is 38.3 Å². The number of hydrogen-bond donors (Lipinski definition) is 1. The molecule has 0 aliphatic heterocycles.